The third-order valence-corrected chi connectivity index (χ3v) is 6.15. The van der Waals surface area contributed by atoms with Crippen LogP contribution < -0.4 is 0 Å². The van der Waals surface area contributed by atoms with Crippen molar-refractivity contribution < 1.29 is 4.79 Å². The summed E-state index contributed by atoms with van der Waals surface area (Å²) in [5, 5.41) is 1.11. The van der Waals surface area contributed by atoms with Gasteiger partial charge in [0.05, 0.1) is 29.6 Å². The molecule has 2 aromatic heterocycles. The molecule has 24 heavy (non-hydrogen) atoms. The van der Waals surface area contributed by atoms with E-state index in [1.54, 1.807) is 6.33 Å². The summed E-state index contributed by atoms with van der Waals surface area (Å²) in [5.74, 6) is 1.23. The fourth-order valence-corrected chi connectivity index (χ4v) is 4.94. The summed E-state index contributed by atoms with van der Waals surface area (Å²) in [6.07, 6.45) is 2.62. The Hall–Kier alpha value is -2.21. The van der Waals surface area contributed by atoms with Crippen LogP contribution in [0.3, 0.4) is 0 Å². The molecule has 0 radical (unpaired) electrons. The Morgan fingerprint density at radius 3 is 3.08 bits per heavy atom. The van der Waals surface area contributed by atoms with Gasteiger partial charge in [0.2, 0.25) is 0 Å². The van der Waals surface area contributed by atoms with Crippen molar-refractivity contribution in [2.75, 3.05) is 12.3 Å². The van der Waals surface area contributed by atoms with E-state index in [0.717, 1.165) is 47.6 Å². The van der Waals surface area contributed by atoms with Gasteiger partial charge in [0.15, 0.2) is 0 Å². The van der Waals surface area contributed by atoms with Gasteiger partial charge in [0.1, 0.15) is 0 Å². The number of aromatic amines is 1. The molecule has 4 heterocycles. The molecule has 0 aliphatic carbocycles. The van der Waals surface area contributed by atoms with Crippen LogP contribution in [0.15, 0.2) is 29.4 Å². The number of rotatable bonds is 2. The van der Waals surface area contributed by atoms with E-state index in [1.807, 2.05) is 23.6 Å². The third-order valence-electron chi connectivity index (χ3n) is 5.12. The summed E-state index contributed by atoms with van der Waals surface area (Å²) >= 11 is 1.89. The van der Waals surface area contributed by atoms with E-state index in [1.165, 1.54) is 16.1 Å². The summed E-state index contributed by atoms with van der Waals surface area (Å²) in [5.41, 5.74) is 5.38. The molecule has 1 amide bonds. The summed E-state index contributed by atoms with van der Waals surface area (Å²) < 4.78 is 2.38. The first kappa shape index (κ1) is 14.2. The summed E-state index contributed by atoms with van der Waals surface area (Å²) in [6.45, 7) is 4.34. The van der Waals surface area contributed by atoms with Gasteiger partial charge in [-0.15, -0.1) is 11.8 Å². The van der Waals surface area contributed by atoms with Crippen molar-refractivity contribution in [2.24, 2.45) is 0 Å². The van der Waals surface area contributed by atoms with Crippen molar-refractivity contribution >= 4 is 28.6 Å². The van der Waals surface area contributed by atoms with Gasteiger partial charge in [-0.1, -0.05) is 12.1 Å². The van der Waals surface area contributed by atoms with Crippen LogP contribution in [0, 0.1) is 6.92 Å². The lowest BCUT2D eigenvalue weighted by atomic mass is 10.0. The predicted molar refractivity (Wildman–Crippen MR) is 94.4 cm³/mol. The number of aromatic nitrogens is 3. The molecule has 1 aromatic carbocycles. The molecule has 5 rings (SSSR count). The van der Waals surface area contributed by atoms with E-state index in [0.29, 0.717) is 6.54 Å². The zero-order chi connectivity index (χ0) is 16.3. The molecule has 5 nitrogen and oxygen atoms in total. The Labute approximate surface area is 144 Å². The number of fused-ring (bicyclic) bond motifs is 3. The number of benzene rings is 1. The van der Waals surface area contributed by atoms with Crippen molar-refractivity contribution in [2.45, 2.75) is 31.3 Å². The Bertz CT molecular complexity index is 971. The van der Waals surface area contributed by atoms with Crippen LogP contribution in [0.1, 0.15) is 27.4 Å². The molecule has 2 aliphatic heterocycles. The van der Waals surface area contributed by atoms with Crippen molar-refractivity contribution in [3.05, 3.63) is 47.2 Å². The van der Waals surface area contributed by atoms with Gasteiger partial charge in [0.25, 0.3) is 5.91 Å². The van der Waals surface area contributed by atoms with Crippen molar-refractivity contribution in [1.29, 1.82) is 0 Å². The second kappa shape index (κ2) is 5.14. The highest BCUT2D eigenvalue weighted by molar-refractivity contribution is 7.99. The molecule has 122 valence electrons. The Kier molecular flexibility index (Phi) is 3.03. The number of aryl methyl sites for hydroxylation is 2. The molecule has 3 aromatic rings. The molecule has 0 spiro atoms. The van der Waals surface area contributed by atoms with Crippen LogP contribution >= 0.6 is 11.8 Å². The lowest BCUT2D eigenvalue weighted by molar-refractivity contribution is 0.0725. The second-order valence-electron chi connectivity index (χ2n) is 6.43. The predicted octanol–water partition coefficient (Wildman–Crippen LogP) is 2.98. The van der Waals surface area contributed by atoms with Gasteiger partial charge in [0, 0.05) is 46.9 Å². The van der Waals surface area contributed by atoms with E-state index in [-0.39, 0.29) is 5.91 Å². The normalized spacial score (nSPS) is 16.7. The van der Waals surface area contributed by atoms with Gasteiger partial charge in [-0.3, -0.25) is 4.79 Å². The fraction of sp³-hybridized carbons (Fsp3) is 0.333. The zero-order valence-electron chi connectivity index (χ0n) is 13.5. The minimum absolute atomic E-state index is 0.145. The van der Waals surface area contributed by atoms with Crippen LogP contribution in [0.25, 0.3) is 10.9 Å². The number of carbonyl (C=O) groups excluding carboxylic acids is 1. The van der Waals surface area contributed by atoms with Gasteiger partial charge in [-0.25, -0.2) is 4.98 Å². The highest BCUT2D eigenvalue weighted by Crippen LogP contribution is 2.39. The highest BCUT2D eigenvalue weighted by Gasteiger charge is 2.32. The molecule has 1 N–H and O–H groups in total. The van der Waals surface area contributed by atoms with Crippen LogP contribution in [0.2, 0.25) is 0 Å². The summed E-state index contributed by atoms with van der Waals surface area (Å²) in [7, 11) is 0. The number of para-hydroxylation sites is 1. The average Bonchev–Trinajstić information content (AvgIpc) is 3.15. The number of H-pyrrole nitrogens is 1. The first-order valence-electron chi connectivity index (χ1n) is 8.29. The molecule has 0 atom stereocenters. The molecule has 0 bridgehead atoms. The van der Waals surface area contributed by atoms with Crippen LogP contribution in [-0.2, 0) is 19.5 Å². The number of thioether (sulfide) groups is 1. The molecular weight excluding hydrogens is 320 g/mol. The molecule has 0 saturated heterocycles. The van der Waals surface area contributed by atoms with E-state index in [4.69, 9.17) is 0 Å². The van der Waals surface area contributed by atoms with Crippen molar-refractivity contribution in [3.8, 4) is 0 Å². The number of amides is 1. The molecule has 0 unspecified atom stereocenters. The maximum atomic E-state index is 13.2. The molecule has 6 heteroatoms. The zero-order valence-corrected chi connectivity index (χ0v) is 14.3. The lowest BCUT2D eigenvalue weighted by Gasteiger charge is -2.28. The first-order valence-corrected chi connectivity index (χ1v) is 9.27. The number of hydrogen-bond acceptors (Lipinski definition) is 3. The lowest BCUT2D eigenvalue weighted by Crippen LogP contribution is -2.37. The highest BCUT2D eigenvalue weighted by atomic mass is 32.2. The summed E-state index contributed by atoms with van der Waals surface area (Å²) in [4.78, 5) is 23.9. The minimum Gasteiger partial charge on any atom is -0.348 e. The van der Waals surface area contributed by atoms with Crippen LogP contribution in [0.4, 0.5) is 0 Å². The van der Waals surface area contributed by atoms with E-state index in [2.05, 4.69) is 32.7 Å². The van der Waals surface area contributed by atoms with E-state index in [9.17, 15) is 4.79 Å². The number of carbonyl (C=O) groups is 1. The topological polar surface area (TPSA) is 53.9 Å². The van der Waals surface area contributed by atoms with Gasteiger partial charge in [-0.2, -0.15) is 0 Å². The van der Waals surface area contributed by atoms with Gasteiger partial charge < -0.3 is 14.5 Å². The number of nitrogens with one attached hydrogen (secondary N) is 1. The maximum absolute atomic E-state index is 13.2. The maximum Gasteiger partial charge on any atom is 0.256 e. The fourth-order valence-electron chi connectivity index (χ4n) is 3.92. The van der Waals surface area contributed by atoms with Crippen molar-refractivity contribution in [1.82, 2.24) is 19.4 Å². The Morgan fingerprint density at radius 1 is 1.33 bits per heavy atom. The smallest absolute Gasteiger partial charge is 0.256 e. The largest absolute Gasteiger partial charge is 0.348 e. The summed E-state index contributed by atoms with van der Waals surface area (Å²) in [6, 6.07) is 6.34. The molecule has 0 saturated carbocycles. The van der Waals surface area contributed by atoms with E-state index >= 15 is 0 Å². The van der Waals surface area contributed by atoms with E-state index < -0.39 is 0 Å². The number of nitrogens with zero attached hydrogens (tertiary/aromatic N) is 3. The number of hydrogen-bond donors (Lipinski definition) is 1. The standard InChI is InChI=1S/C18H18N4OS/c1-11-13(20-10-19-11)9-21-6-5-14-16(18(21)23)12-3-2-4-15-17(12)22(14)7-8-24-15/h2-4,10H,5-9H2,1H3,(H,19,20). The van der Waals surface area contributed by atoms with Gasteiger partial charge >= 0.3 is 0 Å². The van der Waals surface area contributed by atoms with Crippen LogP contribution in [-0.4, -0.2) is 37.6 Å². The number of imidazole rings is 1. The third kappa shape index (κ3) is 1.89. The Morgan fingerprint density at radius 2 is 2.25 bits per heavy atom. The first-order chi connectivity index (χ1) is 11.7. The van der Waals surface area contributed by atoms with Gasteiger partial charge in [-0.05, 0) is 13.0 Å². The second-order valence-corrected chi connectivity index (χ2v) is 7.56. The molecular formula is C18H18N4OS. The van der Waals surface area contributed by atoms with Crippen LogP contribution in [0.5, 0.6) is 0 Å². The quantitative estimate of drug-likeness (QED) is 0.781. The Balaban J connectivity index is 1.62. The van der Waals surface area contributed by atoms with Crippen molar-refractivity contribution in [3.63, 3.8) is 0 Å². The SMILES string of the molecule is Cc1[nH]cnc1CN1CCc2c(c3cccc4c3n2CCS4)C1=O. The monoisotopic (exact) mass is 338 g/mol. The molecule has 0 fully saturated rings. The minimum atomic E-state index is 0.145. The molecule has 2 aliphatic rings. The average molecular weight is 338 g/mol.